The number of aryl methyl sites for hydroxylation is 1. The lowest BCUT2D eigenvalue weighted by molar-refractivity contribution is 0.102. The Labute approximate surface area is 177 Å². The van der Waals surface area contributed by atoms with Gasteiger partial charge in [0.05, 0.1) is 15.9 Å². The average Bonchev–Trinajstić information content (AvgIpc) is 3.05. The van der Waals surface area contributed by atoms with Crippen LogP contribution in [0.2, 0.25) is 0 Å². The summed E-state index contributed by atoms with van der Waals surface area (Å²) < 4.78 is 25.8. The molecule has 3 aromatic rings. The van der Waals surface area contributed by atoms with Crippen LogP contribution in [0.4, 0.5) is 5.95 Å². The molecule has 2 aromatic carbocycles. The Bertz CT molecular complexity index is 1160. The predicted molar refractivity (Wildman–Crippen MR) is 120 cm³/mol. The Balaban J connectivity index is 1.95. The van der Waals surface area contributed by atoms with Crippen LogP contribution in [0.5, 0.6) is 0 Å². The number of carbonyl (C=O) groups excluding carboxylic acids is 1. The number of carbonyl (C=O) groups is 1. The van der Waals surface area contributed by atoms with Crippen LogP contribution in [-0.4, -0.2) is 54.7 Å². The molecule has 1 N–H and O–H groups in total. The highest BCUT2D eigenvalue weighted by Crippen LogP contribution is 2.22. The van der Waals surface area contributed by atoms with E-state index in [1.807, 2.05) is 28.8 Å². The van der Waals surface area contributed by atoms with Gasteiger partial charge in [-0.3, -0.25) is 10.1 Å². The maximum atomic E-state index is 13.0. The molecule has 0 bridgehead atoms. The van der Waals surface area contributed by atoms with Gasteiger partial charge in [0, 0.05) is 24.9 Å². The van der Waals surface area contributed by atoms with Crippen LogP contribution in [0, 0.1) is 6.92 Å². The van der Waals surface area contributed by atoms with Gasteiger partial charge < -0.3 is 9.47 Å². The van der Waals surface area contributed by atoms with E-state index in [1.54, 1.807) is 13.0 Å². The highest BCUT2D eigenvalue weighted by atomic mass is 32.2. The fourth-order valence-electron chi connectivity index (χ4n) is 3.42. The standard InChI is InChI=1S/C22H28N4O3S/c1-5-25(6-2)13-14-26-20-10-8-7-9-19(20)23-22(26)24-21(27)18-15-17(30(4,28)29)12-11-16(18)3/h7-12,15H,5-6,13-14H2,1-4H3,(H,23,24,27). The van der Waals surface area contributed by atoms with Crippen molar-refractivity contribution in [2.75, 3.05) is 31.2 Å². The van der Waals surface area contributed by atoms with Gasteiger partial charge in [-0.25, -0.2) is 13.4 Å². The second-order valence-electron chi connectivity index (χ2n) is 7.31. The van der Waals surface area contributed by atoms with Gasteiger partial charge in [0.15, 0.2) is 9.84 Å². The molecule has 30 heavy (non-hydrogen) atoms. The number of likely N-dealkylation sites (N-methyl/N-ethyl adjacent to an activating group) is 1. The smallest absolute Gasteiger partial charge is 0.258 e. The molecule has 0 saturated carbocycles. The minimum absolute atomic E-state index is 0.119. The Morgan fingerprint density at radius 3 is 2.50 bits per heavy atom. The largest absolute Gasteiger partial charge is 0.309 e. The van der Waals surface area contributed by atoms with Gasteiger partial charge in [0.1, 0.15) is 0 Å². The molecule has 8 heteroatoms. The summed E-state index contributed by atoms with van der Waals surface area (Å²) in [6.45, 7) is 9.43. The third-order valence-electron chi connectivity index (χ3n) is 5.30. The lowest BCUT2D eigenvalue weighted by Crippen LogP contribution is -2.27. The Hall–Kier alpha value is -2.71. The molecule has 3 rings (SSSR count). The molecule has 1 heterocycles. The van der Waals surface area contributed by atoms with E-state index in [0.29, 0.717) is 23.6 Å². The molecule has 7 nitrogen and oxygen atoms in total. The number of anilines is 1. The van der Waals surface area contributed by atoms with E-state index < -0.39 is 9.84 Å². The van der Waals surface area contributed by atoms with E-state index in [2.05, 4.69) is 29.0 Å². The number of imidazole rings is 1. The van der Waals surface area contributed by atoms with Gasteiger partial charge in [-0.1, -0.05) is 32.0 Å². The number of aromatic nitrogens is 2. The van der Waals surface area contributed by atoms with Crippen LogP contribution in [0.1, 0.15) is 29.8 Å². The van der Waals surface area contributed by atoms with Crippen molar-refractivity contribution < 1.29 is 13.2 Å². The zero-order valence-electron chi connectivity index (χ0n) is 17.8. The second kappa shape index (κ2) is 8.97. The molecule has 0 radical (unpaired) electrons. The van der Waals surface area contributed by atoms with Gasteiger partial charge in [0.2, 0.25) is 5.95 Å². The first-order valence-corrected chi connectivity index (χ1v) is 11.9. The minimum atomic E-state index is -3.41. The summed E-state index contributed by atoms with van der Waals surface area (Å²) in [5, 5.41) is 2.90. The molecule has 160 valence electrons. The van der Waals surface area contributed by atoms with Crippen LogP contribution >= 0.6 is 0 Å². The molecule has 0 unspecified atom stereocenters. The fraction of sp³-hybridized carbons (Fsp3) is 0.364. The van der Waals surface area contributed by atoms with Crippen LogP contribution in [0.25, 0.3) is 11.0 Å². The zero-order chi connectivity index (χ0) is 21.9. The number of amides is 1. The van der Waals surface area contributed by atoms with Crippen LogP contribution in [-0.2, 0) is 16.4 Å². The molecule has 0 aliphatic carbocycles. The van der Waals surface area contributed by atoms with Crippen molar-refractivity contribution >= 4 is 32.7 Å². The van der Waals surface area contributed by atoms with E-state index >= 15 is 0 Å². The van der Waals surface area contributed by atoms with Crippen molar-refractivity contribution in [1.29, 1.82) is 0 Å². The van der Waals surface area contributed by atoms with Gasteiger partial charge in [0.25, 0.3) is 5.91 Å². The Morgan fingerprint density at radius 2 is 1.83 bits per heavy atom. The molecule has 0 atom stereocenters. The number of para-hydroxylation sites is 2. The topological polar surface area (TPSA) is 84.3 Å². The quantitative estimate of drug-likeness (QED) is 0.595. The van der Waals surface area contributed by atoms with Gasteiger partial charge in [-0.05, 0) is 49.8 Å². The summed E-state index contributed by atoms with van der Waals surface area (Å²) in [6.07, 6.45) is 1.13. The van der Waals surface area contributed by atoms with Crippen LogP contribution < -0.4 is 5.32 Å². The second-order valence-corrected chi connectivity index (χ2v) is 9.32. The van der Waals surface area contributed by atoms with Crippen molar-refractivity contribution in [3.8, 4) is 0 Å². The lowest BCUT2D eigenvalue weighted by Gasteiger charge is -2.19. The Kier molecular flexibility index (Phi) is 6.58. The number of nitrogens with zero attached hydrogens (tertiary/aromatic N) is 3. The van der Waals surface area contributed by atoms with Crippen LogP contribution in [0.15, 0.2) is 47.4 Å². The summed E-state index contributed by atoms with van der Waals surface area (Å²) in [5.41, 5.74) is 2.77. The third-order valence-corrected chi connectivity index (χ3v) is 6.41. The van der Waals surface area contributed by atoms with Gasteiger partial charge in [-0.15, -0.1) is 0 Å². The first-order chi connectivity index (χ1) is 14.2. The normalized spacial score (nSPS) is 11.9. The Morgan fingerprint density at radius 1 is 1.13 bits per heavy atom. The highest BCUT2D eigenvalue weighted by Gasteiger charge is 2.18. The minimum Gasteiger partial charge on any atom is -0.309 e. The highest BCUT2D eigenvalue weighted by molar-refractivity contribution is 7.90. The number of nitrogens with one attached hydrogen (secondary N) is 1. The molecule has 0 spiro atoms. The van der Waals surface area contributed by atoms with Crippen molar-refractivity contribution in [3.05, 3.63) is 53.6 Å². The predicted octanol–water partition coefficient (Wildman–Crippen LogP) is 3.34. The average molecular weight is 429 g/mol. The number of fused-ring (bicyclic) bond motifs is 1. The molecule has 0 aliphatic rings. The van der Waals surface area contributed by atoms with E-state index in [4.69, 9.17) is 0 Å². The SMILES string of the molecule is CCN(CC)CCn1c(NC(=O)c2cc(S(C)(=O)=O)ccc2C)nc2ccccc21. The number of benzene rings is 2. The summed E-state index contributed by atoms with van der Waals surface area (Å²) >= 11 is 0. The third kappa shape index (κ3) is 4.71. The lowest BCUT2D eigenvalue weighted by atomic mass is 10.1. The molecule has 0 aliphatic heterocycles. The van der Waals surface area contributed by atoms with Crippen molar-refractivity contribution in [2.24, 2.45) is 0 Å². The molecule has 0 fully saturated rings. The first-order valence-electron chi connectivity index (χ1n) is 10.0. The fourth-order valence-corrected chi connectivity index (χ4v) is 4.07. The maximum absolute atomic E-state index is 13.0. The van der Waals surface area contributed by atoms with E-state index in [9.17, 15) is 13.2 Å². The summed E-state index contributed by atoms with van der Waals surface area (Å²) in [5.74, 6) is 0.0786. The monoisotopic (exact) mass is 428 g/mol. The van der Waals surface area contributed by atoms with E-state index in [1.165, 1.54) is 12.1 Å². The summed E-state index contributed by atoms with van der Waals surface area (Å²) in [7, 11) is -3.41. The number of hydrogen-bond donors (Lipinski definition) is 1. The van der Waals surface area contributed by atoms with Crippen molar-refractivity contribution in [2.45, 2.75) is 32.2 Å². The summed E-state index contributed by atoms with van der Waals surface area (Å²) in [4.78, 5) is 20.1. The van der Waals surface area contributed by atoms with Crippen molar-refractivity contribution in [1.82, 2.24) is 14.5 Å². The van der Waals surface area contributed by atoms with Crippen LogP contribution in [0.3, 0.4) is 0 Å². The maximum Gasteiger partial charge on any atom is 0.258 e. The van der Waals surface area contributed by atoms with Gasteiger partial charge in [-0.2, -0.15) is 0 Å². The molecular formula is C22H28N4O3S. The number of rotatable bonds is 8. The van der Waals surface area contributed by atoms with E-state index in [-0.39, 0.29) is 10.8 Å². The molecule has 1 aromatic heterocycles. The zero-order valence-corrected chi connectivity index (χ0v) is 18.7. The van der Waals surface area contributed by atoms with Gasteiger partial charge >= 0.3 is 0 Å². The molecule has 0 saturated heterocycles. The number of hydrogen-bond acceptors (Lipinski definition) is 5. The molecular weight excluding hydrogens is 400 g/mol. The molecule has 1 amide bonds. The van der Waals surface area contributed by atoms with E-state index in [0.717, 1.165) is 36.9 Å². The van der Waals surface area contributed by atoms with Crippen molar-refractivity contribution in [3.63, 3.8) is 0 Å². The summed E-state index contributed by atoms with van der Waals surface area (Å²) in [6, 6.07) is 12.3. The first kappa shape index (κ1) is 22.0. The number of sulfone groups is 1.